The SMILES string of the molecule is COCCCNc1cnc2ccc(N=C(N)SC(=N)C3CCCC3)nc2c1. The summed E-state index contributed by atoms with van der Waals surface area (Å²) in [6.45, 7) is 1.53. The summed E-state index contributed by atoms with van der Waals surface area (Å²) in [6.07, 6.45) is 7.29. The predicted octanol–water partition coefficient (Wildman–Crippen LogP) is 3.93. The van der Waals surface area contributed by atoms with Gasteiger partial charge in [-0.2, -0.15) is 0 Å². The van der Waals surface area contributed by atoms with Crippen molar-refractivity contribution < 1.29 is 4.74 Å². The zero-order chi connectivity index (χ0) is 19.1. The van der Waals surface area contributed by atoms with Crippen LogP contribution in [0, 0.1) is 11.3 Å². The highest BCUT2D eigenvalue weighted by Gasteiger charge is 2.20. The lowest BCUT2D eigenvalue weighted by Crippen LogP contribution is -2.14. The highest BCUT2D eigenvalue weighted by atomic mass is 32.2. The van der Waals surface area contributed by atoms with Crippen LogP contribution in [0.5, 0.6) is 0 Å². The van der Waals surface area contributed by atoms with Crippen LogP contribution in [0.3, 0.4) is 0 Å². The molecule has 7 nitrogen and oxygen atoms in total. The third kappa shape index (κ3) is 5.64. The molecule has 2 aromatic rings. The quantitative estimate of drug-likeness (QED) is 0.378. The van der Waals surface area contributed by atoms with Crippen LogP contribution in [0.4, 0.5) is 11.5 Å². The van der Waals surface area contributed by atoms with Gasteiger partial charge in [-0.15, -0.1) is 0 Å². The van der Waals surface area contributed by atoms with Gasteiger partial charge in [0, 0.05) is 26.2 Å². The van der Waals surface area contributed by atoms with Gasteiger partial charge in [-0.3, -0.25) is 10.4 Å². The van der Waals surface area contributed by atoms with Crippen molar-refractivity contribution >= 4 is 44.5 Å². The molecule has 0 unspecified atom stereocenters. The van der Waals surface area contributed by atoms with Gasteiger partial charge in [-0.1, -0.05) is 12.8 Å². The first-order valence-electron chi connectivity index (χ1n) is 9.26. The van der Waals surface area contributed by atoms with E-state index in [1.165, 1.54) is 24.6 Å². The number of hydrogen-bond donors (Lipinski definition) is 3. The number of pyridine rings is 2. The molecule has 8 heteroatoms. The van der Waals surface area contributed by atoms with Gasteiger partial charge in [0.15, 0.2) is 11.0 Å². The minimum Gasteiger partial charge on any atom is -0.385 e. The Labute approximate surface area is 163 Å². The molecule has 27 heavy (non-hydrogen) atoms. The second-order valence-electron chi connectivity index (χ2n) is 6.60. The summed E-state index contributed by atoms with van der Waals surface area (Å²) in [5.41, 5.74) is 8.52. The molecule has 2 heterocycles. The highest BCUT2D eigenvalue weighted by Crippen LogP contribution is 2.30. The molecule has 1 fully saturated rings. The summed E-state index contributed by atoms with van der Waals surface area (Å²) >= 11 is 1.25. The minimum absolute atomic E-state index is 0.337. The molecule has 0 atom stereocenters. The fraction of sp³-hybridized carbons (Fsp3) is 0.474. The summed E-state index contributed by atoms with van der Waals surface area (Å²) < 4.78 is 5.05. The Balaban J connectivity index is 1.67. The summed E-state index contributed by atoms with van der Waals surface area (Å²) in [6, 6.07) is 5.64. The van der Waals surface area contributed by atoms with E-state index in [4.69, 9.17) is 15.9 Å². The Morgan fingerprint density at radius 1 is 1.37 bits per heavy atom. The number of anilines is 1. The van der Waals surface area contributed by atoms with Crippen LogP contribution in [0.2, 0.25) is 0 Å². The van der Waals surface area contributed by atoms with Gasteiger partial charge >= 0.3 is 0 Å². The van der Waals surface area contributed by atoms with Crippen molar-refractivity contribution in [1.82, 2.24) is 9.97 Å². The van der Waals surface area contributed by atoms with Crippen LogP contribution in [0.15, 0.2) is 29.4 Å². The topological polar surface area (TPSA) is 109 Å². The van der Waals surface area contributed by atoms with Crippen molar-refractivity contribution in [3.05, 3.63) is 24.4 Å². The van der Waals surface area contributed by atoms with Crippen molar-refractivity contribution in [2.45, 2.75) is 32.1 Å². The number of nitrogens with two attached hydrogens (primary N) is 1. The number of aliphatic imine (C=N–C) groups is 1. The molecular weight excluding hydrogens is 360 g/mol. The Morgan fingerprint density at radius 3 is 2.96 bits per heavy atom. The third-order valence-corrected chi connectivity index (χ3v) is 5.40. The monoisotopic (exact) mass is 386 g/mol. The number of fused-ring (bicyclic) bond motifs is 1. The van der Waals surface area contributed by atoms with Crippen LogP contribution >= 0.6 is 11.8 Å². The number of thioether (sulfide) groups is 1. The van der Waals surface area contributed by atoms with E-state index < -0.39 is 0 Å². The standard InChI is InChI=1S/C19H26N6OS/c1-26-10-4-9-22-14-11-16-15(23-12-14)7-8-17(24-16)25-19(21)27-18(20)13-5-2-3-6-13/h7-8,11-13,20,22H,2-6,9-10H2,1H3,(H2,21,24,25). The van der Waals surface area contributed by atoms with Crippen LogP contribution in [0.25, 0.3) is 11.0 Å². The number of amidine groups is 1. The van der Waals surface area contributed by atoms with E-state index in [1.807, 2.05) is 12.1 Å². The number of hydrogen-bond acceptors (Lipinski definition) is 7. The Kier molecular flexibility index (Phi) is 7.00. The second kappa shape index (κ2) is 9.66. The van der Waals surface area contributed by atoms with Crippen LogP contribution in [0.1, 0.15) is 32.1 Å². The highest BCUT2D eigenvalue weighted by molar-refractivity contribution is 8.26. The molecule has 0 aromatic carbocycles. The molecule has 0 bridgehead atoms. The summed E-state index contributed by atoms with van der Waals surface area (Å²) in [5.74, 6) is 0.870. The normalized spacial score (nSPS) is 15.4. The molecule has 3 rings (SSSR count). The molecule has 4 N–H and O–H groups in total. The number of aromatic nitrogens is 2. The van der Waals surface area contributed by atoms with Gasteiger partial charge in [-0.05, 0) is 49.2 Å². The Morgan fingerprint density at radius 2 is 2.19 bits per heavy atom. The first-order chi connectivity index (χ1) is 13.2. The molecular formula is C19H26N6OS. The number of nitrogens with zero attached hydrogens (tertiary/aromatic N) is 3. The van der Waals surface area contributed by atoms with Gasteiger partial charge in [0.1, 0.15) is 0 Å². The predicted molar refractivity (Wildman–Crippen MR) is 113 cm³/mol. The maximum absolute atomic E-state index is 8.19. The van der Waals surface area contributed by atoms with Crippen molar-refractivity contribution in [1.29, 1.82) is 5.41 Å². The molecule has 0 amide bonds. The first kappa shape index (κ1) is 19.6. The zero-order valence-corrected chi connectivity index (χ0v) is 16.4. The van der Waals surface area contributed by atoms with Crippen molar-refractivity contribution in [2.75, 3.05) is 25.6 Å². The van der Waals surface area contributed by atoms with E-state index in [2.05, 4.69) is 20.3 Å². The molecule has 0 radical (unpaired) electrons. The lowest BCUT2D eigenvalue weighted by molar-refractivity contribution is 0.198. The maximum atomic E-state index is 8.19. The maximum Gasteiger partial charge on any atom is 0.166 e. The van der Waals surface area contributed by atoms with Gasteiger partial charge in [0.25, 0.3) is 0 Å². The smallest absolute Gasteiger partial charge is 0.166 e. The molecule has 0 aliphatic heterocycles. The molecule has 0 saturated heterocycles. The summed E-state index contributed by atoms with van der Waals surface area (Å²) in [4.78, 5) is 13.3. The van der Waals surface area contributed by atoms with Crippen LogP contribution < -0.4 is 11.1 Å². The molecule has 144 valence electrons. The second-order valence-corrected chi connectivity index (χ2v) is 7.66. The molecule has 1 aliphatic carbocycles. The van der Waals surface area contributed by atoms with E-state index in [-0.39, 0.29) is 0 Å². The Hall–Kier alpha value is -2.19. The fourth-order valence-corrected chi connectivity index (χ4v) is 3.89. The van der Waals surface area contributed by atoms with Gasteiger partial charge in [0.2, 0.25) is 0 Å². The average Bonchev–Trinajstić information content (AvgIpc) is 3.20. The average molecular weight is 387 g/mol. The molecule has 1 saturated carbocycles. The number of methoxy groups -OCH3 is 1. The van der Waals surface area contributed by atoms with Gasteiger partial charge in [0.05, 0.1) is 28.0 Å². The fourth-order valence-electron chi connectivity index (χ4n) is 3.12. The van der Waals surface area contributed by atoms with Gasteiger partial charge in [-0.25, -0.2) is 9.98 Å². The van der Waals surface area contributed by atoms with Crippen LogP contribution in [-0.2, 0) is 4.74 Å². The summed E-state index contributed by atoms with van der Waals surface area (Å²) in [7, 11) is 1.70. The molecule has 2 aromatic heterocycles. The third-order valence-electron chi connectivity index (χ3n) is 4.54. The van der Waals surface area contributed by atoms with Crippen molar-refractivity contribution in [3.8, 4) is 0 Å². The molecule has 1 aliphatic rings. The Bertz CT molecular complexity index is 819. The van der Waals surface area contributed by atoms with E-state index in [1.54, 1.807) is 19.4 Å². The lowest BCUT2D eigenvalue weighted by Gasteiger charge is -2.09. The minimum atomic E-state index is 0.337. The largest absolute Gasteiger partial charge is 0.385 e. The molecule has 0 spiro atoms. The summed E-state index contributed by atoms with van der Waals surface area (Å²) in [5, 5.41) is 12.5. The van der Waals surface area contributed by atoms with Gasteiger partial charge < -0.3 is 15.8 Å². The van der Waals surface area contributed by atoms with Crippen molar-refractivity contribution in [2.24, 2.45) is 16.6 Å². The number of rotatable bonds is 7. The number of ether oxygens (including phenoxy) is 1. The van der Waals surface area contributed by atoms with E-state index in [0.29, 0.717) is 21.9 Å². The number of nitrogens with one attached hydrogen (secondary N) is 2. The van der Waals surface area contributed by atoms with Crippen molar-refractivity contribution in [3.63, 3.8) is 0 Å². The van der Waals surface area contributed by atoms with Crippen LogP contribution in [-0.4, -0.2) is 40.4 Å². The zero-order valence-electron chi connectivity index (χ0n) is 15.6. The van der Waals surface area contributed by atoms with E-state index >= 15 is 0 Å². The lowest BCUT2D eigenvalue weighted by atomic mass is 10.1. The first-order valence-corrected chi connectivity index (χ1v) is 10.1. The van der Waals surface area contributed by atoms with E-state index in [9.17, 15) is 0 Å². The van der Waals surface area contributed by atoms with E-state index in [0.717, 1.165) is 49.1 Å².